The maximum atomic E-state index is 13.9. The number of benzene rings is 1. The average molecular weight is 296 g/mol. The van der Waals surface area contributed by atoms with Crippen molar-refractivity contribution in [3.63, 3.8) is 0 Å². The van der Waals surface area contributed by atoms with Gasteiger partial charge in [0.2, 0.25) is 0 Å². The smallest absolute Gasteiger partial charge is 0.259 e. The molecule has 5 heteroatoms. The summed E-state index contributed by atoms with van der Waals surface area (Å²) in [6, 6.07) is 2.21. The van der Waals surface area contributed by atoms with Gasteiger partial charge >= 0.3 is 0 Å². The molecule has 1 aliphatic carbocycles. The van der Waals surface area contributed by atoms with E-state index in [-0.39, 0.29) is 11.7 Å². The van der Waals surface area contributed by atoms with Gasteiger partial charge in [-0.15, -0.1) is 0 Å². The molecule has 0 unspecified atom stereocenters. The Morgan fingerprint density at radius 2 is 1.90 bits per heavy atom. The van der Waals surface area contributed by atoms with Crippen LogP contribution >= 0.6 is 0 Å². The molecule has 21 heavy (non-hydrogen) atoms. The van der Waals surface area contributed by atoms with Crippen LogP contribution in [0.5, 0.6) is 0 Å². The summed E-state index contributed by atoms with van der Waals surface area (Å²) in [6.07, 6.45) is 5.02. The Labute approximate surface area is 124 Å². The Morgan fingerprint density at radius 1 is 1.29 bits per heavy atom. The molecule has 2 N–H and O–H groups in total. The summed E-state index contributed by atoms with van der Waals surface area (Å²) in [5.74, 6) is -1.75. The van der Waals surface area contributed by atoms with Crippen LogP contribution in [0.25, 0.3) is 0 Å². The van der Waals surface area contributed by atoms with Crippen molar-refractivity contribution in [3.8, 4) is 0 Å². The first-order valence-electron chi connectivity index (χ1n) is 7.46. The number of carbonyl (C=O) groups is 1. The van der Waals surface area contributed by atoms with E-state index in [1.807, 2.05) is 0 Å². The van der Waals surface area contributed by atoms with Gasteiger partial charge < -0.3 is 10.6 Å². The van der Waals surface area contributed by atoms with Gasteiger partial charge in [0.05, 0.1) is 5.69 Å². The molecule has 0 bridgehead atoms. The molecule has 0 atom stereocenters. The topological polar surface area (TPSA) is 46.3 Å². The quantitative estimate of drug-likeness (QED) is 0.866. The van der Waals surface area contributed by atoms with Crippen LogP contribution in [0.2, 0.25) is 0 Å². The van der Waals surface area contributed by atoms with Gasteiger partial charge in [-0.2, -0.15) is 0 Å². The minimum absolute atomic E-state index is 0.0422. The minimum atomic E-state index is -0.964. The lowest BCUT2D eigenvalue weighted by Gasteiger charge is -2.34. The molecule has 0 aromatic heterocycles. The largest absolute Gasteiger partial charge is 0.396 e. The van der Waals surface area contributed by atoms with Crippen LogP contribution in [-0.2, 0) is 0 Å². The van der Waals surface area contributed by atoms with Crippen LogP contribution < -0.4 is 5.73 Å². The molecule has 1 aliphatic rings. The molecule has 1 fully saturated rings. The number of carbonyl (C=O) groups excluding carboxylic acids is 1. The van der Waals surface area contributed by atoms with Crippen LogP contribution in [0, 0.1) is 17.6 Å². The van der Waals surface area contributed by atoms with E-state index in [0.717, 1.165) is 44.2 Å². The van der Waals surface area contributed by atoms with Crippen LogP contribution in [0.4, 0.5) is 14.5 Å². The molecular formula is C16H22F2N2O. The van der Waals surface area contributed by atoms with Gasteiger partial charge in [0.25, 0.3) is 5.91 Å². The fourth-order valence-corrected chi connectivity index (χ4v) is 3.05. The maximum absolute atomic E-state index is 13.9. The highest BCUT2D eigenvalue weighted by Crippen LogP contribution is 2.30. The van der Waals surface area contributed by atoms with Crippen molar-refractivity contribution in [1.82, 2.24) is 4.90 Å². The van der Waals surface area contributed by atoms with E-state index in [1.165, 1.54) is 4.90 Å². The van der Waals surface area contributed by atoms with Crippen LogP contribution in [-0.4, -0.2) is 23.9 Å². The van der Waals surface area contributed by atoms with Crippen molar-refractivity contribution < 1.29 is 13.6 Å². The SMILES string of the molecule is CCC1CCC(N(C)C(=O)c2c(F)ccc(N)c2F)CC1. The van der Waals surface area contributed by atoms with E-state index < -0.39 is 23.1 Å². The summed E-state index contributed by atoms with van der Waals surface area (Å²) in [4.78, 5) is 13.8. The molecule has 0 saturated heterocycles. The molecule has 2 rings (SSSR count). The predicted molar refractivity (Wildman–Crippen MR) is 78.9 cm³/mol. The first kappa shape index (κ1) is 15.7. The van der Waals surface area contributed by atoms with Gasteiger partial charge in [0, 0.05) is 13.1 Å². The molecule has 1 aromatic carbocycles. The summed E-state index contributed by atoms with van der Waals surface area (Å²) in [5, 5.41) is 0. The van der Waals surface area contributed by atoms with E-state index in [2.05, 4.69) is 6.92 Å². The molecule has 0 radical (unpaired) electrons. The predicted octanol–water partition coefficient (Wildman–Crippen LogP) is 3.59. The Bertz CT molecular complexity index is 525. The minimum Gasteiger partial charge on any atom is -0.396 e. The second kappa shape index (κ2) is 6.41. The summed E-state index contributed by atoms with van der Waals surface area (Å²) in [5.41, 5.74) is 4.68. The second-order valence-corrected chi connectivity index (χ2v) is 5.82. The molecule has 116 valence electrons. The molecule has 1 saturated carbocycles. The van der Waals surface area contributed by atoms with Gasteiger partial charge in [-0.3, -0.25) is 4.79 Å². The molecule has 0 spiro atoms. The van der Waals surface area contributed by atoms with Gasteiger partial charge in [0.1, 0.15) is 11.4 Å². The number of halogens is 2. The highest BCUT2D eigenvalue weighted by molar-refractivity contribution is 5.95. The summed E-state index contributed by atoms with van der Waals surface area (Å²) in [7, 11) is 1.61. The third-order valence-corrected chi connectivity index (χ3v) is 4.60. The molecule has 1 aromatic rings. The monoisotopic (exact) mass is 296 g/mol. The lowest BCUT2D eigenvalue weighted by molar-refractivity contribution is 0.0665. The van der Waals surface area contributed by atoms with Crippen molar-refractivity contribution in [3.05, 3.63) is 29.3 Å². The van der Waals surface area contributed by atoms with Gasteiger partial charge in [-0.25, -0.2) is 8.78 Å². The normalized spacial score (nSPS) is 22.1. The van der Waals surface area contributed by atoms with Crippen LogP contribution in [0.1, 0.15) is 49.4 Å². The molecule has 3 nitrogen and oxygen atoms in total. The Morgan fingerprint density at radius 3 is 2.48 bits per heavy atom. The summed E-state index contributed by atoms with van der Waals surface area (Å²) in [6.45, 7) is 2.16. The van der Waals surface area contributed by atoms with Crippen molar-refractivity contribution >= 4 is 11.6 Å². The zero-order chi connectivity index (χ0) is 15.6. The number of hydrogen-bond donors (Lipinski definition) is 1. The first-order valence-corrected chi connectivity index (χ1v) is 7.46. The molecule has 1 amide bonds. The van der Waals surface area contributed by atoms with E-state index in [1.54, 1.807) is 7.05 Å². The van der Waals surface area contributed by atoms with Gasteiger partial charge in [0.15, 0.2) is 5.82 Å². The van der Waals surface area contributed by atoms with E-state index >= 15 is 0 Å². The highest BCUT2D eigenvalue weighted by Gasteiger charge is 2.29. The molecule has 0 heterocycles. The maximum Gasteiger partial charge on any atom is 0.259 e. The van der Waals surface area contributed by atoms with E-state index in [9.17, 15) is 13.6 Å². The number of nitrogen functional groups attached to an aromatic ring is 1. The number of nitrogens with two attached hydrogens (primary N) is 1. The first-order chi connectivity index (χ1) is 9.95. The second-order valence-electron chi connectivity index (χ2n) is 5.82. The number of hydrogen-bond acceptors (Lipinski definition) is 2. The summed E-state index contributed by atoms with van der Waals surface area (Å²) < 4.78 is 27.7. The number of amides is 1. The zero-order valence-electron chi connectivity index (χ0n) is 12.5. The third-order valence-electron chi connectivity index (χ3n) is 4.60. The summed E-state index contributed by atoms with van der Waals surface area (Å²) >= 11 is 0. The van der Waals surface area contributed by atoms with Crippen LogP contribution in [0.15, 0.2) is 12.1 Å². The lowest BCUT2D eigenvalue weighted by atomic mass is 9.84. The number of nitrogens with zero attached hydrogens (tertiary/aromatic N) is 1. The van der Waals surface area contributed by atoms with Crippen LogP contribution in [0.3, 0.4) is 0 Å². The number of rotatable bonds is 3. The van der Waals surface area contributed by atoms with E-state index in [0.29, 0.717) is 5.92 Å². The van der Waals surface area contributed by atoms with Crippen molar-refractivity contribution in [2.45, 2.75) is 45.1 Å². The van der Waals surface area contributed by atoms with Gasteiger partial charge in [-0.05, 0) is 43.7 Å². The van der Waals surface area contributed by atoms with E-state index in [4.69, 9.17) is 5.73 Å². The number of anilines is 1. The van der Waals surface area contributed by atoms with Gasteiger partial charge in [-0.1, -0.05) is 13.3 Å². The lowest BCUT2D eigenvalue weighted by Crippen LogP contribution is -2.40. The van der Waals surface area contributed by atoms with Crippen molar-refractivity contribution in [2.24, 2.45) is 5.92 Å². The van der Waals surface area contributed by atoms with Crippen molar-refractivity contribution in [2.75, 3.05) is 12.8 Å². The molecular weight excluding hydrogens is 274 g/mol. The molecule has 0 aliphatic heterocycles. The average Bonchev–Trinajstić information content (AvgIpc) is 2.50. The Kier molecular flexibility index (Phi) is 4.80. The fourth-order valence-electron chi connectivity index (χ4n) is 3.05. The highest BCUT2D eigenvalue weighted by atomic mass is 19.1. The van der Waals surface area contributed by atoms with Crippen molar-refractivity contribution in [1.29, 1.82) is 0 Å². The Hall–Kier alpha value is -1.65. The standard InChI is InChI=1S/C16H22F2N2O/c1-3-10-4-6-11(7-5-10)20(2)16(21)14-12(17)8-9-13(19)15(14)18/h8-11H,3-7,19H2,1-2H3. The third kappa shape index (κ3) is 3.17. The fraction of sp³-hybridized carbons (Fsp3) is 0.562. The Balaban J connectivity index is 2.15. The zero-order valence-corrected chi connectivity index (χ0v) is 12.5.